The zero-order chi connectivity index (χ0) is 20.0. The lowest BCUT2D eigenvalue weighted by Crippen LogP contribution is -2.24. The summed E-state index contributed by atoms with van der Waals surface area (Å²) >= 11 is 0. The minimum atomic E-state index is -0.194. The molecule has 5 aromatic heterocycles. The molecule has 1 N–H and O–H groups in total. The van der Waals surface area contributed by atoms with E-state index in [1.54, 1.807) is 29.1 Å². The van der Waals surface area contributed by atoms with E-state index in [0.29, 0.717) is 29.5 Å². The van der Waals surface area contributed by atoms with Gasteiger partial charge < -0.3 is 9.30 Å². The van der Waals surface area contributed by atoms with E-state index in [1.807, 2.05) is 38.2 Å². The van der Waals surface area contributed by atoms with E-state index >= 15 is 0 Å². The number of rotatable bonds is 4. The number of nitrogens with one attached hydrogen (secondary N) is 1. The summed E-state index contributed by atoms with van der Waals surface area (Å²) < 4.78 is 8.97. The molecular formula is C20H17N7O2. The molecule has 0 aromatic carbocycles. The molecule has 0 saturated heterocycles. The molecule has 0 unspecified atom stereocenters. The first-order valence-electron chi connectivity index (χ1n) is 9.05. The molecule has 0 atom stereocenters. The van der Waals surface area contributed by atoms with Gasteiger partial charge in [0.1, 0.15) is 11.2 Å². The smallest absolute Gasteiger partial charge is 0.291 e. The van der Waals surface area contributed by atoms with Gasteiger partial charge in [0.25, 0.3) is 5.56 Å². The lowest BCUT2D eigenvalue weighted by molar-refractivity contribution is 0.445. The summed E-state index contributed by atoms with van der Waals surface area (Å²) in [5.74, 6) is 0.881. The minimum absolute atomic E-state index is 0.194. The predicted octanol–water partition coefficient (Wildman–Crippen LogP) is 2.55. The largest absolute Gasteiger partial charge is 0.421 e. The van der Waals surface area contributed by atoms with Crippen LogP contribution >= 0.6 is 0 Å². The molecule has 0 amide bonds. The van der Waals surface area contributed by atoms with E-state index in [9.17, 15) is 4.79 Å². The van der Waals surface area contributed by atoms with Crippen molar-refractivity contribution in [1.82, 2.24) is 34.5 Å². The fourth-order valence-corrected chi connectivity index (χ4v) is 3.39. The van der Waals surface area contributed by atoms with Crippen molar-refractivity contribution in [3.05, 3.63) is 70.5 Å². The Labute approximate surface area is 164 Å². The molecule has 0 spiro atoms. The lowest BCUT2D eigenvalue weighted by Gasteiger charge is -2.05. The molecule has 5 heterocycles. The first kappa shape index (κ1) is 17.1. The molecule has 5 aromatic rings. The molecule has 144 valence electrons. The quantitative estimate of drug-likeness (QED) is 0.508. The molecule has 29 heavy (non-hydrogen) atoms. The fourth-order valence-electron chi connectivity index (χ4n) is 3.39. The molecule has 9 nitrogen and oxygen atoms in total. The maximum Gasteiger partial charge on any atom is 0.291 e. The molecular weight excluding hydrogens is 370 g/mol. The summed E-state index contributed by atoms with van der Waals surface area (Å²) in [5.41, 5.74) is 2.64. The zero-order valence-corrected chi connectivity index (χ0v) is 15.8. The van der Waals surface area contributed by atoms with Gasteiger partial charge in [0, 0.05) is 41.8 Å². The number of pyridine rings is 2. The second kappa shape index (κ2) is 6.55. The highest BCUT2D eigenvalue weighted by atomic mass is 16.5. The van der Waals surface area contributed by atoms with Crippen molar-refractivity contribution in [3.8, 4) is 11.8 Å². The Bertz CT molecular complexity index is 1400. The van der Waals surface area contributed by atoms with Gasteiger partial charge in [-0.05, 0) is 25.1 Å². The van der Waals surface area contributed by atoms with Gasteiger partial charge >= 0.3 is 0 Å². The van der Waals surface area contributed by atoms with Crippen LogP contribution < -0.4 is 10.3 Å². The van der Waals surface area contributed by atoms with Crippen LogP contribution in [0.4, 0.5) is 0 Å². The molecule has 0 fully saturated rings. The van der Waals surface area contributed by atoms with Gasteiger partial charge in [-0.3, -0.25) is 9.89 Å². The van der Waals surface area contributed by atoms with Crippen molar-refractivity contribution in [2.45, 2.75) is 13.5 Å². The van der Waals surface area contributed by atoms with Crippen LogP contribution in [-0.2, 0) is 13.6 Å². The highest BCUT2D eigenvalue weighted by Gasteiger charge is 2.16. The second-order valence-corrected chi connectivity index (χ2v) is 6.75. The molecule has 0 aliphatic carbocycles. The average molecular weight is 387 g/mol. The number of ether oxygens (including phenoxy) is 1. The van der Waals surface area contributed by atoms with Crippen molar-refractivity contribution < 1.29 is 4.74 Å². The lowest BCUT2D eigenvalue weighted by atomic mass is 10.2. The average Bonchev–Trinajstić information content (AvgIpc) is 3.31. The summed E-state index contributed by atoms with van der Waals surface area (Å²) in [6, 6.07) is 11.0. The standard InChI is InChI=1S/C20H17N7O2/c1-12-4-3-5-16(23-12)29-17-7-6-14-15-10-22-27(11-13-8-9-21-25-13)20(28)18(15)26(2)19(14)24-17/h3-10H,11H2,1-2H3,(H,21,25). The van der Waals surface area contributed by atoms with Crippen LogP contribution in [0.15, 0.2) is 53.6 Å². The minimum Gasteiger partial charge on any atom is -0.421 e. The second-order valence-electron chi connectivity index (χ2n) is 6.75. The van der Waals surface area contributed by atoms with Crippen LogP contribution in [0.1, 0.15) is 11.4 Å². The predicted molar refractivity (Wildman–Crippen MR) is 107 cm³/mol. The van der Waals surface area contributed by atoms with Gasteiger partial charge in [-0.1, -0.05) is 6.07 Å². The van der Waals surface area contributed by atoms with E-state index in [1.165, 1.54) is 4.68 Å². The first-order valence-corrected chi connectivity index (χ1v) is 9.05. The number of aromatic nitrogens is 7. The number of hydrogen-bond acceptors (Lipinski definition) is 6. The van der Waals surface area contributed by atoms with Crippen molar-refractivity contribution in [1.29, 1.82) is 0 Å². The summed E-state index contributed by atoms with van der Waals surface area (Å²) in [6.45, 7) is 2.21. The number of aryl methyl sites for hydroxylation is 2. The Morgan fingerprint density at radius 2 is 1.93 bits per heavy atom. The summed E-state index contributed by atoms with van der Waals surface area (Å²) in [5, 5.41) is 12.7. The van der Waals surface area contributed by atoms with E-state index < -0.39 is 0 Å². The fraction of sp³-hybridized carbons (Fsp3) is 0.150. The van der Waals surface area contributed by atoms with Crippen LogP contribution in [0.2, 0.25) is 0 Å². The Morgan fingerprint density at radius 1 is 1.07 bits per heavy atom. The van der Waals surface area contributed by atoms with Crippen molar-refractivity contribution in [2.75, 3.05) is 0 Å². The molecule has 9 heteroatoms. The van der Waals surface area contributed by atoms with Gasteiger partial charge in [0.05, 0.1) is 18.4 Å². The monoisotopic (exact) mass is 387 g/mol. The van der Waals surface area contributed by atoms with Gasteiger partial charge in [-0.25, -0.2) is 9.67 Å². The van der Waals surface area contributed by atoms with Crippen molar-refractivity contribution >= 4 is 21.9 Å². The molecule has 0 bridgehead atoms. The molecule has 0 aliphatic rings. The summed E-state index contributed by atoms with van der Waals surface area (Å²) in [6.07, 6.45) is 3.34. The van der Waals surface area contributed by atoms with Gasteiger partial charge in [0.15, 0.2) is 0 Å². The molecule has 5 rings (SSSR count). The Kier molecular flexibility index (Phi) is 3.87. The Morgan fingerprint density at radius 3 is 2.72 bits per heavy atom. The third-order valence-corrected chi connectivity index (χ3v) is 4.76. The molecule has 0 radical (unpaired) electrons. The number of fused-ring (bicyclic) bond motifs is 3. The maximum absolute atomic E-state index is 13.0. The Balaban J connectivity index is 1.61. The van der Waals surface area contributed by atoms with Crippen molar-refractivity contribution in [2.24, 2.45) is 7.05 Å². The summed E-state index contributed by atoms with van der Waals surface area (Å²) in [4.78, 5) is 22.0. The van der Waals surface area contributed by atoms with Crippen LogP contribution in [0, 0.1) is 6.92 Å². The highest BCUT2D eigenvalue weighted by Crippen LogP contribution is 2.27. The van der Waals surface area contributed by atoms with Crippen LogP contribution in [0.25, 0.3) is 21.9 Å². The molecule has 0 aliphatic heterocycles. The molecule has 0 saturated carbocycles. The van der Waals surface area contributed by atoms with E-state index in [-0.39, 0.29) is 5.56 Å². The number of H-pyrrole nitrogens is 1. The number of hydrogen-bond donors (Lipinski definition) is 1. The third kappa shape index (κ3) is 2.92. The normalized spacial score (nSPS) is 11.4. The zero-order valence-electron chi connectivity index (χ0n) is 15.8. The summed E-state index contributed by atoms with van der Waals surface area (Å²) in [7, 11) is 1.81. The first-order chi connectivity index (χ1) is 14.1. The van der Waals surface area contributed by atoms with E-state index in [4.69, 9.17) is 4.74 Å². The van der Waals surface area contributed by atoms with E-state index in [2.05, 4.69) is 25.3 Å². The van der Waals surface area contributed by atoms with Crippen LogP contribution in [-0.4, -0.2) is 34.5 Å². The highest BCUT2D eigenvalue weighted by molar-refractivity contribution is 6.05. The maximum atomic E-state index is 13.0. The van der Waals surface area contributed by atoms with Gasteiger partial charge in [-0.2, -0.15) is 15.2 Å². The number of nitrogens with zero attached hydrogens (tertiary/aromatic N) is 6. The van der Waals surface area contributed by atoms with Gasteiger partial charge in [-0.15, -0.1) is 0 Å². The number of aromatic amines is 1. The van der Waals surface area contributed by atoms with Crippen LogP contribution in [0.3, 0.4) is 0 Å². The van der Waals surface area contributed by atoms with Crippen molar-refractivity contribution in [3.63, 3.8) is 0 Å². The Hall–Kier alpha value is -4.01. The topological polar surface area (TPSA) is 104 Å². The third-order valence-electron chi connectivity index (χ3n) is 4.76. The van der Waals surface area contributed by atoms with E-state index in [0.717, 1.165) is 22.2 Å². The van der Waals surface area contributed by atoms with Crippen LogP contribution in [0.5, 0.6) is 11.8 Å². The van der Waals surface area contributed by atoms with Gasteiger partial charge in [0.2, 0.25) is 11.8 Å². The SMILES string of the molecule is Cc1cccc(Oc2ccc3c4cnn(Cc5ccn[nH]5)c(=O)c4n(C)c3n2)n1.